The van der Waals surface area contributed by atoms with Gasteiger partial charge in [-0.3, -0.25) is 0 Å². The third-order valence-corrected chi connectivity index (χ3v) is 4.89. The topological polar surface area (TPSA) is 63.8 Å². The number of alkyl halides is 6. The molecule has 0 saturated carbocycles. The predicted molar refractivity (Wildman–Crippen MR) is 92.2 cm³/mol. The highest BCUT2D eigenvalue weighted by Gasteiger charge is 2.53. The average molecular weight is 415 g/mol. The summed E-state index contributed by atoms with van der Waals surface area (Å²) in [4.78, 5) is 4.16. The molecular formula is C18H15F6N5. The van der Waals surface area contributed by atoms with Crippen molar-refractivity contribution in [3.05, 3.63) is 46.2 Å². The second-order valence-electron chi connectivity index (χ2n) is 6.92. The SMILES string of the molecule is CC1=C(C#N)C(c2cc(C(F)(F)F)cc(C(F)(F)F)c2)(C(C)C)N2N=CNC2=N1. The molecule has 0 spiro atoms. The minimum Gasteiger partial charge on any atom is -0.314 e. The van der Waals surface area contributed by atoms with Crippen LogP contribution in [0.15, 0.2) is 39.6 Å². The molecule has 5 nitrogen and oxygen atoms in total. The molecule has 1 aromatic rings. The highest BCUT2D eigenvalue weighted by Crippen LogP contribution is 2.49. The number of rotatable bonds is 2. The Morgan fingerprint density at radius 1 is 1.07 bits per heavy atom. The summed E-state index contributed by atoms with van der Waals surface area (Å²) in [5, 5.41) is 17.7. The zero-order valence-corrected chi connectivity index (χ0v) is 15.4. The Labute approximate surface area is 162 Å². The fourth-order valence-corrected chi connectivity index (χ4v) is 3.67. The number of allylic oxidation sites excluding steroid dienone is 1. The van der Waals surface area contributed by atoms with E-state index in [0.29, 0.717) is 12.1 Å². The lowest BCUT2D eigenvalue weighted by molar-refractivity contribution is -0.143. The van der Waals surface area contributed by atoms with E-state index in [-0.39, 0.29) is 28.9 Å². The smallest absolute Gasteiger partial charge is 0.314 e. The minimum atomic E-state index is -5.02. The molecule has 1 N–H and O–H groups in total. The van der Waals surface area contributed by atoms with Crippen molar-refractivity contribution in [3.63, 3.8) is 0 Å². The highest BCUT2D eigenvalue weighted by atomic mass is 19.4. The van der Waals surface area contributed by atoms with Gasteiger partial charge >= 0.3 is 12.4 Å². The van der Waals surface area contributed by atoms with Crippen LogP contribution in [0, 0.1) is 17.2 Å². The zero-order valence-electron chi connectivity index (χ0n) is 15.4. The maximum absolute atomic E-state index is 13.4. The van der Waals surface area contributed by atoms with Crippen LogP contribution in [-0.4, -0.2) is 17.3 Å². The van der Waals surface area contributed by atoms with Gasteiger partial charge in [-0.15, -0.1) is 0 Å². The Morgan fingerprint density at radius 3 is 2.07 bits per heavy atom. The molecule has 2 aliphatic rings. The molecule has 0 radical (unpaired) electrons. The van der Waals surface area contributed by atoms with Gasteiger partial charge in [0.2, 0.25) is 5.96 Å². The van der Waals surface area contributed by atoms with E-state index in [2.05, 4.69) is 15.4 Å². The maximum Gasteiger partial charge on any atom is 0.416 e. The molecule has 0 fully saturated rings. The monoisotopic (exact) mass is 415 g/mol. The fraction of sp³-hybridized carbons (Fsp3) is 0.389. The molecule has 1 aromatic carbocycles. The fourth-order valence-electron chi connectivity index (χ4n) is 3.67. The summed E-state index contributed by atoms with van der Waals surface area (Å²) in [6, 6.07) is 3.25. The van der Waals surface area contributed by atoms with E-state index in [1.807, 2.05) is 6.07 Å². The van der Waals surface area contributed by atoms with Gasteiger partial charge in [0.15, 0.2) is 0 Å². The number of halogens is 6. The standard InChI is InChI=1S/C18H15F6N5/c1-9(2)16(14(7-25)10(3)28-15-26-8-27-29(15)16)11-4-12(17(19,20)21)6-13(5-11)18(22,23)24/h4-6,8-9H,1-3H3,(H,26,27,28). The van der Waals surface area contributed by atoms with E-state index in [9.17, 15) is 31.6 Å². The third kappa shape index (κ3) is 3.12. The number of guanidine groups is 1. The number of benzene rings is 1. The largest absolute Gasteiger partial charge is 0.416 e. The van der Waals surface area contributed by atoms with Gasteiger partial charge in [-0.05, 0) is 36.6 Å². The molecule has 1 atom stereocenters. The van der Waals surface area contributed by atoms with Crippen LogP contribution in [0.4, 0.5) is 26.3 Å². The minimum absolute atomic E-state index is 0.0590. The van der Waals surface area contributed by atoms with Gasteiger partial charge in [0.1, 0.15) is 11.9 Å². The van der Waals surface area contributed by atoms with Crippen LogP contribution in [0.3, 0.4) is 0 Å². The lowest BCUT2D eigenvalue weighted by atomic mass is 9.71. The quantitative estimate of drug-likeness (QED) is 0.719. The molecule has 11 heteroatoms. The number of nitrogens with zero attached hydrogens (tertiary/aromatic N) is 4. The second-order valence-corrected chi connectivity index (χ2v) is 6.92. The Balaban J connectivity index is 2.43. The molecule has 1 unspecified atom stereocenters. The molecule has 2 aliphatic heterocycles. The first-order valence-electron chi connectivity index (χ1n) is 8.42. The van der Waals surface area contributed by atoms with Gasteiger partial charge < -0.3 is 5.32 Å². The van der Waals surface area contributed by atoms with E-state index in [1.54, 1.807) is 13.8 Å². The van der Waals surface area contributed by atoms with Crippen LogP contribution in [0.2, 0.25) is 0 Å². The first kappa shape index (κ1) is 20.7. The molecule has 3 rings (SSSR count). The number of aliphatic imine (C=N–C) groups is 1. The van der Waals surface area contributed by atoms with Crippen molar-refractivity contribution in [2.45, 2.75) is 38.7 Å². The molecule has 0 amide bonds. The normalized spacial score (nSPS) is 21.8. The van der Waals surface area contributed by atoms with Gasteiger partial charge in [-0.25, -0.2) is 10.0 Å². The Bertz CT molecular complexity index is 948. The molecule has 0 aliphatic carbocycles. The van der Waals surface area contributed by atoms with Crippen LogP contribution in [-0.2, 0) is 17.9 Å². The maximum atomic E-state index is 13.4. The van der Waals surface area contributed by atoms with E-state index in [1.165, 1.54) is 18.3 Å². The van der Waals surface area contributed by atoms with Crippen LogP contribution >= 0.6 is 0 Å². The molecule has 0 aromatic heterocycles. The summed E-state index contributed by atoms with van der Waals surface area (Å²) < 4.78 is 80.6. The van der Waals surface area contributed by atoms with Crippen molar-refractivity contribution in [1.29, 1.82) is 5.26 Å². The predicted octanol–water partition coefficient (Wildman–Crippen LogP) is 4.59. The molecule has 0 saturated heterocycles. The van der Waals surface area contributed by atoms with Crippen LogP contribution in [0.5, 0.6) is 0 Å². The first-order valence-corrected chi connectivity index (χ1v) is 8.42. The van der Waals surface area contributed by atoms with Crippen molar-refractivity contribution in [2.75, 3.05) is 0 Å². The molecule has 154 valence electrons. The lowest BCUT2D eigenvalue weighted by Gasteiger charge is -2.45. The molecule has 0 bridgehead atoms. The van der Waals surface area contributed by atoms with Gasteiger partial charge in [0, 0.05) is 0 Å². The summed E-state index contributed by atoms with van der Waals surface area (Å²) in [6.45, 7) is 4.65. The Kier molecular flexibility index (Phi) is 4.64. The number of hydrazone groups is 1. The number of hydrogen-bond acceptors (Lipinski definition) is 5. The van der Waals surface area contributed by atoms with Gasteiger partial charge in [-0.2, -0.15) is 36.7 Å². The van der Waals surface area contributed by atoms with Crippen LogP contribution in [0.25, 0.3) is 0 Å². The third-order valence-electron chi connectivity index (χ3n) is 4.89. The lowest BCUT2D eigenvalue weighted by Crippen LogP contribution is -2.54. The van der Waals surface area contributed by atoms with Crippen molar-refractivity contribution in [2.24, 2.45) is 16.0 Å². The van der Waals surface area contributed by atoms with Gasteiger partial charge in [0.25, 0.3) is 0 Å². The van der Waals surface area contributed by atoms with Gasteiger partial charge in [0.05, 0.1) is 28.5 Å². The van der Waals surface area contributed by atoms with Gasteiger partial charge in [-0.1, -0.05) is 13.8 Å². The summed E-state index contributed by atoms with van der Waals surface area (Å²) in [6.07, 6.45) is -8.82. The Hall–Kier alpha value is -3.03. The van der Waals surface area contributed by atoms with Crippen molar-refractivity contribution in [3.8, 4) is 6.07 Å². The summed E-state index contributed by atoms with van der Waals surface area (Å²) in [5.74, 6) is -0.527. The number of fused-ring (bicyclic) bond motifs is 1. The van der Waals surface area contributed by atoms with Crippen molar-refractivity contribution in [1.82, 2.24) is 10.3 Å². The van der Waals surface area contributed by atoms with Crippen molar-refractivity contribution >= 4 is 12.3 Å². The molecular weight excluding hydrogens is 400 g/mol. The highest BCUT2D eigenvalue weighted by molar-refractivity contribution is 5.96. The molecule has 2 heterocycles. The Morgan fingerprint density at radius 2 is 1.62 bits per heavy atom. The first-order chi connectivity index (χ1) is 13.3. The van der Waals surface area contributed by atoms with E-state index in [0.717, 1.165) is 0 Å². The van der Waals surface area contributed by atoms with E-state index < -0.39 is 34.9 Å². The van der Waals surface area contributed by atoms with Crippen LogP contribution in [0.1, 0.15) is 37.5 Å². The van der Waals surface area contributed by atoms with E-state index >= 15 is 0 Å². The average Bonchev–Trinajstić information content (AvgIpc) is 3.06. The number of nitriles is 1. The summed E-state index contributed by atoms with van der Waals surface area (Å²) in [5.41, 5.74) is -4.88. The van der Waals surface area contributed by atoms with E-state index in [4.69, 9.17) is 0 Å². The molecule has 29 heavy (non-hydrogen) atoms. The van der Waals surface area contributed by atoms with Crippen LogP contribution < -0.4 is 5.32 Å². The zero-order chi connectivity index (χ0) is 21.8. The number of nitrogens with one attached hydrogen (secondary N) is 1. The number of hydrogen-bond donors (Lipinski definition) is 1. The second kappa shape index (κ2) is 6.50. The van der Waals surface area contributed by atoms with Crippen molar-refractivity contribution < 1.29 is 26.3 Å². The summed E-state index contributed by atoms with van der Waals surface area (Å²) in [7, 11) is 0. The summed E-state index contributed by atoms with van der Waals surface area (Å²) >= 11 is 0.